The van der Waals surface area contributed by atoms with Crippen molar-refractivity contribution in [1.82, 2.24) is 39.9 Å². The van der Waals surface area contributed by atoms with Crippen LogP contribution in [0, 0.1) is 18.6 Å². The Morgan fingerprint density at radius 1 is 0.345 bits per heavy atom. The molecule has 0 aliphatic carbocycles. The minimum atomic E-state index is -3.36. The number of amides is 8. The molecule has 8 aromatic heterocycles. The Bertz CT molecular complexity index is 7570. The summed E-state index contributed by atoms with van der Waals surface area (Å²) in [5, 5.41) is 58.3. The SMILES string of the molecule is CCS(=O)(=O)c1ccc(NC(=O)N(O)c2cccc(-c3sc(N4CCOCC4)nc3-c3ccncc3)c2)cc1.CS(=O)(=O)c1ccc(NC(=O)N(O)c2cccc(-c3sc(N4CCOCC4)nc3-c3ccncc3)c2)cc1.Cc1cccc(NC(=O)N(O)c2cccc(-c3sc(N4CCOCC4)nc3-c3ccncc3)c2)c1.O=C(Nc1ccc(F)cc1F)N(O)c1cccc(-c2sc(N3CCOCC3)nc2-c2ccncc2)c1. The first-order valence-electron chi connectivity index (χ1n) is 46.4. The molecule has 8 N–H and O–H groups in total. The average Bonchev–Trinajstić information content (AvgIpc) is 1.65. The molecule has 0 bridgehead atoms. The van der Waals surface area contributed by atoms with Crippen molar-refractivity contribution in [2.45, 2.75) is 23.6 Å². The van der Waals surface area contributed by atoms with Gasteiger partial charge in [-0.1, -0.05) is 113 Å². The first kappa shape index (κ1) is 104. The molecule has 4 fully saturated rings. The number of nitrogens with one attached hydrogen (secondary N) is 4. The van der Waals surface area contributed by atoms with Crippen molar-refractivity contribution in [2.75, 3.05) is 178 Å². The van der Waals surface area contributed by atoms with Crippen molar-refractivity contribution in [3.63, 3.8) is 0 Å². The van der Waals surface area contributed by atoms with Gasteiger partial charge in [0.25, 0.3) is 0 Å². The lowest BCUT2D eigenvalue weighted by molar-refractivity contribution is 0.122. The van der Waals surface area contributed by atoms with Gasteiger partial charge in [-0.15, -0.1) is 0 Å². The number of hydrogen-bond donors (Lipinski definition) is 8. The molecular formula is C104H98F2N20O16S6. The number of hydroxylamine groups is 4. The fraction of sp³-hybridized carbons (Fsp3) is 0.192. The summed E-state index contributed by atoms with van der Waals surface area (Å²) in [6, 6.07) is 61.6. The van der Waals surface area contributed by atoms with E-state index in [1.165, 1.54) is 82.5 Å². The van der Waals surface area contributed by atoms with E-state index in [2.05, 4.69) is 60.8 Å². The van der Waals surface area contributed by atoms with E-state index in [1.54, 1.807) is 141 Å². The number of urea groups is 4. The van der Waals surface area contributed by atoms with Crippen LogP contribution in [0.15, 0.2) is 296 Å². The highest BCUT2D eigenvalue weighted by Crippen LogP contribution is 2.47. The molecule has 4 saturated heterocycles. The highest BCUT2D eigenvalue weighted by molar-refractivity contribution is 7.91. The number of benzene rings is 8. The van der Waals surface area contributed by atoms with Gasteiger partial charge in [-0.3, -0.25) is 40.8 Å². The molecule has 0 radical (unpaired) electrons. The van der Waals surface area contributed by atoms with E-state index in [0.29, 0.717) is 102 Å². The van der Waals surface area contributed by atoms with Crippen LogP contribution in [0.3, 0.4) is 0 Å². The molecule has 0 saturated carbocycles. The maximum atomic E-state index is 13.9. The molecule has 44 heteroatoms. The molecule has 20 rings (SSSR count). The van der Waals surface area contributed by atoms with Crippen LogP contribution in [0.25, 0.3) is 86.8 Å². The maximum Gasteiger partial charge on any atom is 0.350 e. The molecule has 148 heavy (non-hydrogen) atoms. The largest absolute Gasteiger partial charge is 0.378 e. The molecule has 760 valence electrons. The maximum absolute atomic E-state index is 13.9. The van der Waals surface area contributed by atoms with Crippen LogP contribution in [0.1, 0.15) is 12.5 Å². The third kappa shape index (κ3) is 26.0. The third-order valence-electron chi connectivity index (χ3n) is 23.4. The molecule has 0 spiro atoms. The van der Waals surface area contributed by atoms with Crippen LogP contribution in [0.5, 0.6) is 0 Å². The Balaban J connectivity index is 0.000000135. The quantitative estimate of drug-likeness (QED) is 0.0218. The van der Waals surface area contributed by atoms with E-state index in [1.807, 2.05) is 104 Å². The molecule has 8 aromatic carbocycles. The summed E-state index contributed by atoms with van der Waals surface area (Å²) in [5.74, 6) is -1.74. The second kappa shape index (κ2) is 48.3. The topological polar surface area (TPSA) is 432 Å². The van der Waals surface area contributed by atoms with Gasteiger partial charge in [-0.25, -0.2) is 64.7 Å². The third-order valence-corrected chi connectivity index (χ3v) is 30.9. The summed E-state index contributed by atoms with van der Waals surface area (Å²) in [6.45, 7) is 14.7. The number of anilines is 12. The number of sulfone groups is 2. The summed E-state index contributed by atoms with van der Waals surface area (Å²) < 4.78 is 96.4. The van der Waals surface area contributed by atoms with Crippen molar-refractivity contribution in [2.24, 2.45) is 0 Å². The summed E-state index contributed by atoms with van der Waals surface area (Å²) in [4.78, 5) is 99.7. The lowest BCUT2D eigenvalue weighted by atomic mass is 10.1. The summed E-state index contributed by atoms with van der Waals surface area (Å²) >= 11 is 6.16. The fourth-order valence-electron chi connectivity index (χ4n) is 15.7. The lowest BCUT2D eigenvalue weighted by Gasteiger charge is -2.26. The zero-order valence-electron chi connectivity index (χ0n) is 79.7. The molecule has 16 aromatic rings. The Hall–Kier alpha value is -15.4. The first-order valence-corrected chi connectivity index (χ1v) is 53.3. The number of aromatic nitrogens is 8. The molecule has 8 amide bonds. The van der Waals surface area contributed by atoms with E-state index >= 15 is 0 Å². The van der Waals surface area contributed by atoms with Crippen molar-refractivity contribution in [1.29, 1.82) is 0 Å². The van der Waals surface area contributed by atoms with Gasteiger partial charge in [0.15, 0.2) is 40.2 Å². The smallest absolute Gasteiger partial charge is 0.350 e. The van der Waals surface area contributed by atoms with Gasteiger partial charge in [0.2, 0.25) is 0 Å². The number of rotatable bonds is 23. The first-order chi connectivity index (χ1) is 71.7. The van der Waals surface area contributed by atoms with Crippen molar-refractivity contribution < 1.29 is 84.6 Å². The van der Waals surface area contributed by atoms with Crippen molar-refractivity contribution in [3.05, 3.63) is 303 Å². The van der Waals surface area contributed by atoms with Crippen LogP contribution < -0.4 is 61.1 Å². The number of pyridine rings is 4. The van der Waals surface area contributed by atoms with Gasteiger partial charge >= 0.3 is 24.1 Å². The minimum Gasteiger partial charge on any atom is -0.378 e. The number of halogens is 2. The van der Waals surface area contributed by atoms with Gasteiger partial charge < -0.3 is 59.8 Å². The zero-order chi connectivity index (χ0) is 103. The Labute approximate surface area is 865 Å². The van der Waals surface area contributed by atoms with Crippen LogP contribution in [0.4, 0.5) is 94.0 Å². The van der Waals surface area contributed by atoms with E-state index in [4.69, 9.17) is 38.9 Å². The van der Waals surface area contributed by atoms with Crippen molar-refractivity contribution in [3.8, 4) is 86.8 Å². The van der Waals surface area contributed by atoms with Gasteiger partial charge in [-0.2, -0.15) is 20.3 Å². The molecule has 0 unspecified atom stereocenters. The number of carbonyl (C=O) groups is 4. The molecule has 36 nitrogen and oxygen atoms in total. The van der Waals surface area contributed by atoms with Gasteiger partial charge in [-0.05, 0) is 205 Å². The van der Waals surface area contributed by atoms with E-state index in [9.17, 15) is 65.6 Å². The molecule has 4 aliphatic heterocycles. The zero-order valence-corrected chi connectivity index (χ0v) is 84.6. The Morgan fingerprint density at radius 2 is 0.628 bits per heavy atom. The number of aryl methyl sites for hydroxylation is 1. The van der Waals surface area contributed by atoms with Gasteiger partial charge in [0, 0.05) is 154 Å². The molecule has 0 atom stereocenters. The molecule has 4 aliphatic rings. The summed E-state index contributed by atoms with van der Waals surface area (Å²) in [7, 11) is -6.71. The number of morpholine rings is 4. The predicted molar refractivity (Wildman–Crippen MR) is 570 cm³/mol. The van der Waals surface area contributed by atoms with E-state index < -0.39 is 55.4 Å². The van der Waals surface area contributed by atoms with Crippen LogP contribution in [-0.2, 0) is 38.6 Å². The standard InChI is InChI=1S/C27H27N5O5S2.C26H25N5O5S2.C26H25N5O3S.C25H21F2N5O3S/c1-2-39(35,36)23-8-6-21(7-9-23)29-26(33)32(34)22-5-3-4-20(18-22)25-24(19-10-12-28-13-11-19)30-27(38-25)31-14-16-37-17-15-31;1-38(34,35)22-7-5-20(6-8-22)28-25(32)31(33)21-4-2-3-19(17-21)24-23(18-9-11-27-12-10-18)29-26(37-24)30-13-15-36-16-14-30;1-18-4-2-6-21(16-18)28-25(32)31(33)22-7-3-5-20(17-22)24-23(19-8-10-27-11-9-19)29-26(35-24)30-12-14-34-15-13-30;26-18-4-5-21(20(27)15-18)29-24(33)32(34)19-3-1-2-17(14-19)23-22(16-6-8-28-9-7-16)30-25(36-23)31-10-12-35-13-11-31/h3-13,18,34H,2,14-17H2,1H3,(H,29,33);2-12,17,33H,13-16H2,1H3,(H,28,32);2-11,16-17,33H,12-15H2,1H3,(H,28,32);1-9,14-15,34H,10-13H2,(H,29,33). The second-order valence-electron chi connectivity index (χ2n) is 33.4. The number of nitrogens with zero attached hydrogens (tertiary/aromatic N) is 16. The van der Waals surface area contributed by atoms with Gasteiger partial charge in [0.1, 0.15) is 11.6 Å². The van der Waals surface area contributed by atoms with E-state index in [-0.39, 0.29) is 38.3 Å². The second-order valence-corrected chi connectivity index (χ2v) is 41.6. The minimum absolute atomic E-state index is 0.0178. The average molecular weight is 2110 g/mol. The number of hydrogen-bond acceptors (Lipinski definition) is 32. The Kier molecular flexibility index (Phi) is 33.9. The van der Waals surface area contributed by atoms with Crippen molar-refractivity contribution >= 4 is 155 Å². The van der Waals surface area contributed by atoms with Crippen LogP contribution in [-0.4, -0.2) is 219 Å². The number of carbonyl (C=O) groups excluding carboxylic acids is 4. The van der Waals surface area contributed by atoms with Crippen LogP contribution >= 0.6 is 45.3 Å². The highest BCUT2D eigenvalue weighted by atomic mass is 32.2. The predicted octanol–water partition coefficient (Wildman–Crippen LogP) is 20.3. The molecular weight excluding hydrogens is 2020 g/mol. The Morgan fingerprint density at radius 3 is 0.912 bits per heavy atom. The summed E-state index contributed by atoms with van der Waals surface area (Å²) in [6.07, 6.45) is 14.8. The monoisotopic (exact) mass is 2110 g/mol. The van der Waals surface area contributed by atoms with E-state index in [0.717, 1.165) is 184 Å². The highest BCUT2D eigenvalue weighted by Gasteiger charge is 2.30. The van der Waals surface area contributed by atoms with Gasteiger partial charge in [0.05, 0.1) is 139 Å². The fourth-order valence-corrected chi connectivity index (χ4v) is 21.8. The number of thiazole rings is 4. The normalized spacial score (nSPS) is 13.6. The van der Waals surface area contributed by atoms with Crippen LogP contribution in [0.2, 0.25) is 0 Å². The lowest BCUT2D eigenvalue weighted by Crippen LogP contribution is -2.36. The summed E-state index contributed by atoms with van der Waals surface area (Å²) in [5.41, 5.74) is 13.1. The molecule has 12 heterocycles. The number of ether oxygens (including phenoxy) is 4.